The fourth-order valence-corrected chi connectivity index (χ4v) is 4.24. The molecule has 1 heterocycles. The van der Waals surface area contributed by atoms with Crippen molar-refractivity contribution in [1.29, 1.82) is 0 Å². The minimum Gasteiger partial charge on any atom is -0.459 e. The number of rotatable bonds is 3. The standard InChI is InChI=1S/C20H23Cl2NO3/c1-12-18(20(25)26-13-7-4-2-3-5-8-13)15(11-17(24)23-12)14-9-6-10-16(21)19(14)22/h6,9-10,13,15H,2-5,7-8,11H2,1H3,(H,23,24)/t15-/m1/s1. The highest BCUT2D eigenvalue weighted by molar-refractivity contribution is 6.42. The van der Waals surface area contributed by atoms with Gasteiger partial charge >= 0.3 is 5.97 Å². The first-order valence-electron chi connectivity index (χ1n) is 9.13. The van der Waals surface area contributed by atoms with Gasteiger partial charge in [-0.25, -0.2) is 4.79 Å². The molecule has 6 heteroatoms. The molecular weight excluding hydrogens is 373 g/mol. The lowest BCUT2D eigenvalue weighted by atomic mass is 9.84. The first-order chi connectivity index (χ1) is 12.5. The van der Waals surface area contributed by atoms with Gasteiger partial charge in [0.15, 0.2) is 0 Å². The Kier molecular flexibility index (Phi) is 6.25. The maximum absolute atomic E-state index is 13.0. The third kappa shape index (κ3) is 4.24. The predicted octanol–water partition coefficient (Wildman–Crippen LogP) is 5.14. The first-order valence-corrected chi connectivity index (χ1v) is 9.88. The molecule has 1 N–H and O–H groups in total. The third-order valence-corrected chi connectivity index (χ3v) is 5.96. The van der Waals surface area contributed by atoms with E-state index in [4.69, 9.17) is 27.9 Å². The van der Waals surface area contributed by atoms with Crippen LogP contribution in [-0.2, 0) is 14.3 Å². The maximum Gasteiger partial charge on any atom is 0.336 e. The largest absolute Gasteiger partial charge is 0.459 e. The number of amides is 1. The van der Waals surface area contributed by atoms with Gasteiger partial charge in [0.05, 0.1) is 15.6 Å². The molecule has 1 aliphatic carbocycles. The van der Waals surface area contributed by atoms with Crippen molar-refractivity contribution in [3.05, 3.63) is 45.1 Å². The van der Waals surface area contributed by atoms with Crippen molar-refractivity contribution in [2.75, 3.05) is 0 Å². The normalized spacial score (nSPS) is 22.0. The Labute approximate surface area is 163 Å². The van der Waals surface area contributed by atoms with Crippen molar-refractivity contribution in [2.45, 2.75) is 63.9 Å². The lowest BCUT2D eigenvalue weighted by Gasteiger charge is -2.28. The molecule has 2 aliphatic rings. The van der Waals surface area contributed by atoms with Crippen LogP contribution < -0.4 is 5.32 Å². The summed E-state index contributed by atoms with van der Waals surface area (Å²) in [6.07, 6.45) is 6.41. The van der Waals surface area contributed by atoms with Crippen LogP contribution in [0.2, 0.25) is 10.0 Å². The molecule has 4 nitrogen and oxygen atoms in total. The van der Waals surface area contributed by atoms with Crippen LogP contribution in [0.25, 0.3) is 0 Å². The molecule has 0 spiro atoms. The highest BCUT2D eigenvalue weighted by atomic mass is 35.5. The van der Waals surface area contributed by atoms with Gasteiger partial charge in [-0.3, -0.25) is 4.79 Å². The lowest BCUT2D eigenvalue weighted by molar-refractivity contribution is -0.145. The third-order valence-electron chi connectivity index (χ3n) is 5.12. The minimum absolute atomic E-state index is 0.0570. The summed E-state index contributed by atoms with van der Waals surface area (Å²) >= 11 is 12.5. The van der Waals surface area contributed by atoms with Crippen molar-refractivity contribution >= 4 is 35.1 Å². The zero-order valence-electron chi connectivity index (χ0n) is 14.8. The van der Waals surface area contributed by atoms with Gasteiger partial charge in [0, 0.05) is 18.0 Å². The SMILES string of the molecule is CC1=C(C(=O)OC2CCCCCC2)[C@@H](c2cccc(Cl)c2Cl)CC(=O)N1. The average Bonchev–Trinajstić information content (AvgIpc) is 2.85. The summed E-state index contributed by atoms with van der Waals surface area (Å²) < 4.78 is 5.81. The Bertz CT molecular complexity index is 737. The Balaban J connectivity index is 1.90. The second-order valence-electron chi connectivity index (χ2n) is 7.01. The average molecular weight is 396 g/mol. The van der Waals surface area contributed by atoms with Crippen molar-refractivity contribution in [1.82, 2.24) is 5.32 Å². The van der Waals surface area contributed by atoms with Crippen LogP contribution in [0.4, 0.5) is 0 Å². The van der Waals surface area contributed by atoms with Crippen molar-refractivity contribution < 1.29 is 14.3 Å². The molecule has 1 fully saturated rings. The van der Waals surface area contributed by atoms with E-state index in [9.17, 15) is 9.59 Å². The zero-order chi connectivity index (χ0) is 18.7. The molecule has 0 aromatic heterocycles. The number of hydrogen-bond donors (Lipinski definition) is 1. The van der Waals surface area contributed by atoms with E-state index >= 15 is 0 Å². The summed E-state index contributed by atoms with van der Waals surface area (Å²) in [6, 6.07) is 5.28. The summed E-state index contributed by atoms with van der Waals surface area (Å²) in [6.45, 7) is 1.73. The molecular formula is C20H23Cl2NO3. The smallest absolute Gasteiger partial charge is 0.336 e. The molecule has 0 radical (unpaired) electrons. The van der Waals surface area contributed by atoms with E-state index in [0.717, 1.165) is 25.7 Å². The van der Waals surface area contributed by atoms with E-state index in [0.29, 0.717) is 26.9 Å². The number of hydrogen-bond acceptors (Lipinski definition) is 3. The Morgan fingerprint density at radius 1 is 1.15 bits per heavy atom. The molecule has 1 aliphatic heterocycles. The summed E-state index contributed by atoms with van der Waals surface area (Å²) in [5, 5.41) is 3.54. The zero-order valence-corrected chi connectivity index (χ0v) is 16.3. The number of carbonyl (C=O) groups excluding carboxylic acids is 2. The topological polar surface area (TPSA) is 55.4 Å². The fourth-order valence-electron chi connectivity index (χ4n) is 3.80. The monoisotopic (exact) mass is 395 g/mol. The second kappa shape index (κ2) is 8.45. The van der Waals surface area contributed by atoms with Crippen LogP contribution in [0.3, 0.4) is 0 Å². The Morgan fingerprint density at radius 2 is 1.85 bits per heavy atom. The van der Waals surface area contributed by atoms with Gasteiger partial charge in [-0.05, 0) is 44.2 Å². The molecule has 26 heavy (non-hydrogen) atoms. The van der Waals surface area contributed by atoms with Crippen LogP contribution in [0.1, 0.15) is 63.4 Å². The van der Waals surface area contributed by atoms with Gasteiger partial charge in [0.25, 0.3) is 0 Å². The van der Waals surface area contributed by atoms with Crippen molar-refractivity contribution in [3.8, 4) is 0 Å². The van der Waals surface area contributed by atoms with Crippen LogP contribution in [0.5, 0.6) is 0 Å². The molecule has 0 saturated heterocycles. The molecule has 3 rings (SSSR count). The number of carbonyl (C=O) groups is 2. The van der Waals surface area contributed by atoms with Gasteiger partial charge in [-0.15, -0.1) is 0 Å². The number of allylic oxidation sites excluding steroid dienone is 1. The molecule has 1 amide bonds. The summed E-state index contributed by atoms with van der Waals surface area (Å²) in [5.74, 6) is -0.960. The maximum atomic E-state index is 13.0. The quantitative estimate of drug-likeness (QED) is 0.569. The molecule has 1 saturated carbocycles. The molecule has 0 unspecified atom stereocenters. The van der Waals surface area contributed by atoms with Gasteiger partial charge in [-0.2, -0.15) is 0 Å². The second-order valence-corrected chi connectivity index (χ2v) is 7.79. The van der Waals surface area contributed by atoms with Gasteiger partial charge < -0.3 is 10.1 Å². The number of esters is 1. The molecule has 1 aromatic carbocycles. The Morgan fingerprint density at radius 3 is 2.54 bits per heavy atom. The fraction of sp³-hybridized carbons (Fsp3) is 0.500. The van der Waals surface area contributed by atoms with Crippen LogP contribution in [0, 0.1) is 0 Å². The van der Waals surface area contributed by atoms with Gasteiger partial charge in [0.2, 0.25) is 5.91 Å². The molecule has 1 aromatic rings. The number of benzene rings is 1. The van der Waals surface area contributed by atoms with E-state index in [1.54, 1.807) is 19.1 Å². The summed E-state index contributed by atoms with van der Waals surface area (Å²) in [4.78, 5) is 25.1. The number of halogens is 2. The molecule has 0 bridgehead atoms. The molecule has 140 valence electrons. The minimum atomic E-state index is -0.451. The molecule has 1 atom stereocenters. The van der Waals surface area contributed by atoms with E-state index < -0.39 is 5.92 Å². The Hall–Kier alpha value is -1.52. The summed E-state index contributed by atoms with van der Waals surface area (Å²) in [5.41, 5.74) is 1.68. The van der Waals surface area contributed by atoms with E-state index in [2.05, 4.69) is 5.32 Å². The first kappa shape index (κ1) is 19.2. The van der Waals surface area contributed by atoms with Crippen LogP contribution >= 0.6 is 23.2 Å². The van der Waals surface area contributed by atoms with Crippen molar-refractivity contribution in [2.24, 2.45) is 0 Å². The van der Waals surface area contributed by atoms with Crippen molar-refractivity contribution in [3.63, 3.8) is 0 Å². The van der Waals surface area contributed by atoms with Crippen LogP contribution in [-0.4, -0.2) is 18.0 Å². The number of nitrogens with one attached hydrogen (secondary N) is 1. The highest BCUT2D eigenvalue weighted by Gasteiger charge is 2.35. The van der Waals surface area contributed by atoms with E-state index in [-0.39, 0.29) is 24.4 Å². The van der Waals surface area contributed by atoms with Gasteiger partial charge in [-0.1, -0.05) is 48.2 Å². The van der Waals surface area contributed by atoms with E-state index in [1.165, 1.54) is 12.8 Å². The number of ether oxygens (including phenoxy) is 1. The van der Waals surface area contributed by atoms with E-state index in [1.807, 2.05) is 6.07 Å². The van der Waals surface area contributed by atoms with Gasteiger partial charge in [0.1, 0.15) is 6.10 Å². The summed E-state index contributed by atoms with van der Waals surface area (Å²) in [7, 11) is 0. The predicted molar refractivity (Wildman–Crippen MR) is 102 cm³/mol. The highest BCUT2D eigenvalue weighted by Crippen LogP contribution is 2.40. The van der Waals surface area contributed by atoms with Crippen LogP contribution in [0.15, 0.2) is 29.5 Å². The lowest BCUT2D eigenvalue weighted by Crippen LogP contribution is -2.35.